The van der Waals surface area contributed by atoms with Crippen LogP contribution in [0.3, 0.4) is 0 Å². The second-order valence-electron chi connectivity index (χ2n) is 5.46. The van der Waals surface area contributed by atoms with E-state index in [-0.39, 0.29) is 0 Å². The van der Waals surface area contributed by atoms with Gasteiger partial charge in [-0.1, -0.05) is 0 Å². The standard InChI is InChI=1S/C17H12FN5O/c18-12-5-11(8-19)6-13(7-12)23-4-2-16-15(9-23)22-17(24-16)14-1-3-20-10-21-14/h1,3,5-7,10H,2,4,9H2. The van der Waals surface area contributed by atoms with Crippen molar-refractivity contribution in [2.75, 3.05) is 11.4 Å². The molecule has 118 valence electrons. The molecule has 24 heavy (non-hydrogen) atoms. The zero-order valence-electron chi connectivity index (χ0n) is 12.6. The Morgan fingerprint density at radius 2 is 2.21 bits per heavy atom. The highest BCUT2D eigenvalue weighted by molar-refractivity contribution is 5.54. The van der Waals surface area contributed by atoms with Crippen LogP contribution in [0, 0.1) is 17.1 Å². The van der Waals surface area contributed by atoms with E-state index in [0.717, 1.165) is 11.5 Å². The number of nitrogens with zero attached hydrogens (tertiary/aromatic N) is 5. The van der Waals surface area contributed by atoms with Crippen molar-refractivity contribution in [1.29, 1.82) is 5.26 Å². The highest BCUT2D eigenvalue weighted by atomic mass is 19.1. The summed E-state index contributed by atoms with van der Waals surface area (Å²) in [5.74, 6) is 0.856. The van der Waals surface area contributed by atoms with E-state index < -0.39 is 5.82 Å². The average Bonchev–Trinajstić information content (AvgIpc) is 3.05. The fourth-order valence-electron chi connectivity index (χ4n) is 2.77. The molecular formula is C17H12FN5O. The van der Waals surface area contributed by atoms with Gasteiger partial charge in [-0.25, -0.2) is 19.3 Å². The molecule has 3 aromatic rings. The Morgan fingerprint density at radius 1 is 1.29 bits per heavy atom. The first-order chi connectivity index (χ1) is 11.7. The summed E-state index contributed by atoms with van der Waals surface area (Å²) in [6.07, 6.45) is 3.74. The maximum Gasteiger partial charge on any atom is 0.245 e. The SMILES string of the molecule is N#Cc1cc(F)cc(N2CCc3oc(-c4ccncn4)nc3C2)c1. The summed E-state index contributed by atoms with van der Waals surface area (Å²) in [5, 5.41) is 9.00. The Labute approximate surface area is 137 Å². The van der Waals surface area contributed by atoms with Gasteiger partial charge in [-0.2, -0.15) is 5.26 Å². The second kappa shape index (κ2) is 5.74. The number of benzene rings is 1. The molecule has 0 saturated heterocycles. The van der Waals surface area contributed by atoms with Crippen molar-refractivity contribution in [1.82, 2.24) is 15.0 Å². The van der Waals surface area contributed by atoms with Gasteiger partial charge in [-0.3, -0.25) is 0 Å². The lowest BCUT2D eigenvalue weighted by Crippen LogP contribution is -2.30. The van der Waals surface area contributed by atoms with Gasteiger partial charge >= 0.3 is 0 Å². The molecule has 0 N–H and O–H groups in total. The molecule has 0 saturated carbocycles. The van der Waals surface area contributed by atoms with E-state index in [1.807, 2.05) is 11.0 Å². The third-order valence-electron chi connectivity index (χ3n) is 3.91. The van der Waals surface area contributed by atoms with Crippen molar-refractivity contribution >= 4 is 5.69 Å². The number of nitriles is 1. The van der Waals surface area contributed by atoms with Gasteiger partial charge in [0, 0.05) is 24.8 Å². The third-order valence-corrected chi connectivity index (χ3v) is 3.91. The third kappa shape index (κ3) is 2.58. The van der Waals surface area contributed by atoms with E-state index >= 15 is 0 Å². The molecule has 0 amide bonds. The topological polar surface area (TPSA) is 78.8 Å². The van der Waals surface area contributed by atoms with Crippen LogP contribution in [0.15, 0.2) is 41.2 Å². The summed E-state index contributed by atoms with van der Waals surface area (Å²) in [6.45, 7) is 1.16. The Balaban J connectivity index is 1.64. The number of hydrogen-bond acceptors (Lipinski definition) is 6. The van der Waals surface area contributed by atoms with Crippen molar-refractivity contribution in [3.8, 4) is 17.7 Å². The number of anilines is 1. The molecule has 7 heteroatoms. The van der Waals surface area contributed by atoms with Gasteiger partial charge in [0.05, 0.1) is 18.2 Å². The van der Waals surface area contributed by atoms with Crippen LogP contribution < -0.4 is 4.90 Å². The highest BCUT2D eigenvalue weighted by Crippen LogP contribution is 2.28. The minimum Gasteiger partial charge on any atom is -0.439 e. The number of rotatable bonds is 2. The fourth-order valence-corrected chi connectivity index (χ4v) is 2.77. The molecule has 0 radical (unpaired) electrons. The molecule has 2 aromatic heterocycles. The summed E-state index contributed by atoms with van der Waals surface area (Å²) in [7, 11) is 0. The molecule has 0 unspecified atom stereocenters. The van der Waals surface area contributed by atoms with Crippen molar-refractivity contribution in [2.45, 2.75) is 13.0 Å². The van der Waals surface area contributed by atoms with E-state index in [4.69, 9.17) is 9.68 Å². The zero-order valence-corrected chi connectivity index (χ0v) is 12.6. The lowest BCUT2D eigenvalue weighted by atomic mass is 10.1. The van der Waals surface area contributed by atoms with Gasteiger partial charge in [0.1, 0.15) is 29.3 Å². The largest absolute Gasteiger partial charge is 0.439 e. The Morgan fingerprint density at radius 3 is 3.00 bits per heavy atom. The Bertz CT molecular complexity index is 932. The second-order valence-corrected chi connectivity index (χ2v) is 5.46. The van der Waals surface area contributed by atoms with Gasteiger partial charge in [-0.05, 0) is 24.3 Å². The molecule has 0 bridgehead atoms. The number of fused-ring (bicyclic) bond motifs is 1. The molecule has 0 spiro atoms. The van der Waals surface area contributed by atoms with Crippen LogP contribution in [0.25, 0.3) is 11.6 Å². The number of halogens is 1. The van der Waals surface area contributed by atoms with E-state index in [9.17, 15) is 4.39 Å². The van der Waals surface area contributed by atoms with E-state index in [1.54, 1.807) is 18.3 Å². The maximum absolute atomic E-state index is 13.7. The Hall–Kier alpha value is -3.27. The molecule has 6 nitrogen and oxygen atoms in total. The number of oxazole rings is 1. The van der Waals surface area contributed by atoms with Crippen molar-refractivity contribution in [3.05, 3.63) is 59.6 Å². The van der Waals surface area contributed by atoms with Crippen LogP contribution in [0.1, 0.15) is 17.0 Å². The molecule has 1 aliphatic heterocycles. The van der Waals surface area contributed by atoms with Crippen LogP contribution in [-0.4, -0.2) is 21.5 Å². The fraction of sp³-hybridized carbons (Fsp3) is 0.176. The van der Waals surface area contributed by atoms with E-state index in [1.165, 1.54) is 18.5 Å². The van der Waals surface area contributed by atoms with Gasteiger partial charge in [0.25, 0.3) is 0 Å². The Kier molecular flexibility index (Phi) is 3.43. The summed E-state index contributed by atoms with van der Waals surface area (Å²) < 4.78 is 19.5. The maximum atomic E-state index is 13.7. The minimum absolute atomic E-state index is 0.303. The molecular weight excluding hydrogens is 309 g/mol. The monoisotopic (exact) mass is 321 g/mol. The summed E-state index contributed by atoms with van der Waals surface area (Å²) in [4.78, 5) is 14.5. The smallest absolute Gasteiger partial charge is 0.245 e. The van der Waals surface area contributed by atoms with E-state index in [0.29, 0.717) is 42.3 Å². The van der Waals surface area contributed by atoms with Crippen molar-refractivity contribution in [3.63, 3.8) is 0 Å². The van der Waals surface area contributed by atoms with Crippen LogP contribution in [-0.2, 0) is 13.0 Å². The summed E-state index contributed by atoms with van der Waals surface area (Å²) >= 11 is 0. The lowest BCUT2D eigenvalue weighted by Gasteiger charge is -2.27. The molecule has 0 atom stereocenters. The van der Waals surface area contributed by atoms with Crippen LogP contribution in [0.2, 0.25) is 0 Å². The quantitative estimate of drug-likeness (QED) is 0.722. The van der Waals surface area contributed by atoms with Gasteiger partial charge in [0.15, 0.2) is 0 Å². The number of hydrogen-bond donors (Lipinski definition) is 0. The first-order valence-electron chi connectivity index (χ1n) is 7.43. The van der Waals surface area contributed by atoms with Gasteiger partial charge < -0.3 is 9.32 Å². The molecule has 1 aliphatic rings. The molecule has 3 heterocycles. The molecule has 1 aromatic carbocycles. The van der Waals surface area contributed by atoms with E-state index in [2.05, 4.69) is 15.0 Å². The summed E-state index contributed by atoms with van der Waals surface area (Å²) in [6, 6.07) is 8.05. The summed E-state index contributed by atoms with van der Waals surface area (Å²) in [5.41, 5.74) is 2.41. The van der Waals surface area contributed by atoms with Crippen LogP contribution in [0.4, 0.5) is 10.1 Å². The van der Waals surface area contributed by atoms with Crippen LogP contribution in [0.5, 0.6) is 0 Å². The predicted molar refractivity (Wildman–Crippen MR) is 83.4 cm³/mol. The normalized spacial score (nSPS) is 13.4. The first-order valence-corrected chi connectivity index (χ1v) is 7.43. The van der Waals surface area contributed by atoms with Crippen LogP contribution >= 0.6 is 0 Å². The molecule has 0 aliphatic carbocycles. The molecule has 0 fully saturated rings. The number of aromatic nitrogens is 3. The lowest BCUT2D eigenvalue weighted by molar-refractivity contribution is 0.497. The van der Waals surface area contributed by atoms with Crippen molar-refractivity contribution < 1.29 is 8.81 Å². The zero-order chi connectivity index (χ0) is 16.5. The molecule has 4 rings (SSSR count). The van der Waals surface area contributed by atoms with Gasteiger partial charge in [-0.15, -0.1) is 0 Å². The highest BCUT2D eigenvalue weighted by Gasteiger charge is 2.24. The minimum atomic E-state index is -0.420. The predicted octanol–water partition coefficient (Wildman–Crippen LogP) is 2.71. The van der Waals surface area contributed by atoms with Gasteiger partial charge in [0.2, 0.25) is 5.89 Å². The van der Waals surface area contributed by atoms with Crippen molar-refractivity contribution in [2.24, 2.45) is 0 Å². The average molecular weight is 321 g/mol. The first kappa shape index (κ1) is 14.3.